The molecular formula is C17H24Br2N2. The lowest BCUT2D eigenvalue weighted by Gasteiger charge is -2.27. The second kappa shape index (κ2) is 7.10. The van der Waals surface area contributed by atoms with E-state index in [0.717, 1.165) is 33.2 Å². The van der Waals surface area contributed by atoms with Crippen molar-refractivity contribution >= 4 is 31.9 Å². The zero-order chi connectivity index (χ0) is 14.8. The number of hydrogen-bond acceptors (Lipinski definition) is 2. The zero-order valence-electron chi connectivity index (χ0n) is 12.6. The van der Waals surface area contributed by atoms with Crippen LogP contribution in [0.3, 0.4) is 0 Å². The third kappa shape index (κ3) is 3.70. The van der Waals surface area contributed by atoms with E-state index in [1.165, 1.54) is 44.2 Å². The maximum Gasteiger partial charge on any atom is 0.0715 e. The molecule has 1 heterocycles. The first-order chi connectivity index (χ1) is 10.2. The van der Waals surface area contributed by atoms with Crippen molar-refractivity contribution in [2.24, 2.45) is 17.8 Å². The summed E-state index contributed by atoms with van der Waals surface area (Å²) < 4.78 is 2.15. The van der Waals surface area contributed by atoms with Gasteiger partial charge < -0.3 is 5.32 Å². The average molecular weight is 416 g/mol. The molecule has 1 aromatic rings. The van der Waals surface area contributed by atoms with E-state index in [9.17, 15) is 0 Å². The van der Waals surface area contributed by atoms with Crippen LogP contribution in [0, 0.1) is 17.8 Å². The van der Waals surface area contributed by atoms with Gasteiger partial charge in [-0.05, 0) is 94.3 Å². The fourth-order valence-corrected chi connectivity index (χ4v) is 5.52. The van der Waals surface area contributed by atoms with Gasteiger partial charge in [0.1, 0.15) is 0 Å². The number of fused-ring (bicyclic) bond motifs is 2. The molecule has 2 aliphatic carbocycles. The first-order valence-corrected chi connectivity index (χ1v) is 9.80. The van der Waals surface area contributed by atoms with Crippen LogP contribution >= 0.6 is 31.9 Å². The molecular weight excluding hydrogens is 392 g/mol. The number of pyridine rings is 1. The molecule has 2 bridgehead atoms. The van der Waals surface area contributed by atoms with E-state index in [1.54, 1.807) is 0 Å². The molecule has 0 radical (unpaired) electrons. The molecule has 0 aliphatic heterocycles. The van der Waals surface area contributed by atoms with Crippen molar-refractivity contribution in [3.05, 3.63) is 26.9 Å². The number of rotatable bonds is 6. The molecule has 4 unspecified atom stereocenters. The minimum absolute atomic E-state index is 0.386. The first-order valence-electron chi connectivity index (χ1n) is 8.21. The molecule has 2 nitrogen and oxygen atoms in total. The molecule has 0 spiro atoms. The van der Waals surface area contributed by atoms with E-state index >= 15 is 0 Å². The molecule has 0 amide bonds. The molecule has 2 fully saturated rings. The van der Waals surface area contributed by atoms with Crippen LogP contribution in [0.15, 0.2) is 21.2 Å². The van der Waals surface area contributed by atoms with Crippen LogP contribution in [0.25, 0.3) is 0 Å². The Labute approximate surface area is 144 Å². The molecule has 21 heavy (non-hydrogen) atoms. The summed E-state index contributed by atoms with van der Waals surface area (Å²) in [4.78, 5) is 4.68. The summed E-state index contributed by atoms with van der Waals surface area (Å²) in [5.41, 5.74) is 1.18. The minimum Gasteiger partial charge on any atom is -0.309 e. The van der Waals surface area contributed by atoms with Gasteiger partial charge in [0.2, 0.25) is 0 Å². The average Bonchev–Trinajstić information content (AvgIpc) is 3.06. The van der Waals surface area contributed by atoms with E-state index < -0.39 is 0 Å². The van der Waals surface area contributed by atoms with Gasteiger partial charge in [-0.1, -0.05) is 13.3 Å². The predicted octanol–water partition coefficient (Wildman–Crippen LogP) is 5.47. The second-order valence-electron chi connectivity index (χ2n) is 6.70. The monoisotopic (exact) mass is 414 g/mol. The van der Waals surface area contributed by atoms with E-state index in [-0.39, 0.29) is 0 Å². The Morgan fingerprint density at radius 1 is 1.33 bits per heavy atom. The summed E-state index contributed by atoms with van der Waals surface area (Å²) in [7, 11) is 0. The maximum absolute atomic E-state index is 4.68. The molecule has 116 valence electrons. The van der Waals surface area contributed by atoms with E-state index in [1.807, 2.05) is 6.20 Å². The Kier molecular flexibility index (Phi) is 5.39. The van der Waals surface area contributed by atoms with Crippen molar-refractivity contribution < 1.29 is 0 Å². The third-order valence-electron chi connectivity index (χ3n) is 5.23. The fraction of sp³-hybridized carbons (Fsp3) is 0.706. The molecule has 4 heteroatoms. The van der Waals surface area contributed by atoms with Gasteiger partial charge >= 0.3 is 0 Å². The lowest BCUT2D eigenvalue weighted by atomic mass is 9.83. The van der Waals surface area contributed by atoms with Gasteiger partial charge in [-0.2, -0.15) is 0 Å². The van der Waals surface area contributed by atoms with Gasteiger partial charge in [-0.3, -0.25) is 4.98 Å². The highest BCUT2D eigenvalue weighted by molar-refractivity contribution is 9.11. The van der Waals surface area contributed by atoms with Gasteiger partial charge in [-0.25, -0.2) is 0 Å². The summed E-state index contributed by atoms with van der Waals surface area (Å²) in [5.74, 6) is 2.90. The Hall–Kier alpha value is 0.0700. The summed E-state index contributed by atoms with van der Waals surface area (Å²) in [5, 5.41) is 3.72. The first kappa shape index (κ1) is 15.9. The number of nitrogens with zero attached hydrogens (tertiary/aromatic N) is 1. The Morgan fingerprint density at radius 2 is 2.19 bits per heavy atom. The van der Waals surface area contributed by atoms with E-state index in [0.29, 0.717) is 6.04 Å². The van der Waals surface area contributed by atoms with Gasteiger partial charge in [-0.15, -0.1) is 0 Å². The van der Waals surface area contributed by atoms with Crippen LogP contribution < -0.4 is 5.32 Å². The van der Waals surface area contributed by atoms with E-state index in [4.69, 9.17) is 0 Å². The van der Waals surface area contributed by atoms with Crippen molar-refractivity contribution in [1.29, 1.82) is 0 Å². The highest BCUT2D eigenvalue weighted by Crippen LogP contribution is 2.51. The van der Waals surface area contributed by atoms with Crippen LogP contribution in [0.2, 0.25) is 0 Å². The summed E-state index contributed by atoms with van der Waals surface area (Å²) >= 11 is 7.20. The summed E-state index contributed by atoms with van der Waals surface area (Å²) in [6, 6.07) is 2.50. The predicted molar refractivity (Wildman–Crippen MR) is 94.2 cm³/mol. The molecule has 1 N–H and O–H groups in total. The second-order valence-corrected chi connectivity index (χ2v) is 8.47. The van der Waals surface area contributed by atoms with Crippen molar-refractivity contribution in [1.82, 2.24) is 10.3 Å². The van der Waals surface area contributed by atoms with Crippen LogP contribution in [0.5, 0.6) is 0 Å². The zero-order valence-corrected chi connectivity index (χ0v) is 15.8. The van der Waals surface area contributed by atoms with Crippen LogP contribution in [0.1, 0.15) is 57.2 Å². The van der Waals surface area contributed by atoms with Crippen molar-refractivity contribution in [3.8, 4) is 0 Å². The largest absolute Gasteiger partial charge is 0.309 e. The van der Waals surface area contributed by atoms with Gasteiger partial charge in [0.15, 0.2) is 0 Å². The highest BCUT2D eigenvalue weighted by atomic mass is 79.9. The minimum atomic E-state index is 0.386. The topological polar surface area (TPSA) is 24.9 Å². The molecule has 1 aromatic heterocycles. The van der Waals surface area contributed by atoms with Gasteiger partial charge in [0.25, 0.3) is 0 Å². The van der Waals surface area contributed by atoms with E-state index in [2.05, 4.69) is 55.2 Å². The SMILES string of the molecule is CCCNC(CC1CC2CCC1C2)c1ncc(Br)cc1Br. The normalized spacial score (nSPS) is 29.0. The summed E-state index contributed by atoms with van der Waals surface area (Å²) in [6.07, 6.45) is 10.2. The van der Waals surface area contributed by atoms with Gasteiger partial charge in [0, 0.05) is 15.1 Å². The smallest absolute Gasteiger partial charge is 0.0715 e. The Balaban J connectivity index is 1.74. The Morgan fingerprint density at radius 3 is 2.81 bits per heavy atom. The lowest BCUT2D eigenvalue weighted by molar-refractivity contribution is 0.277. The molecule has 0 aromatic carbocycles. The Bertz CT molecular complexity index is 492. The molecule has 3 rings (SSSR count). The number of halogens is 2. The van der Waals surface area contributed by atoms with Crippen molar-refractivity contribution in [2.45, 2.75) is 51.5 Å². The molecule has 4 atom stereocenters. The van der Waals surface area contributed by atoms with Crippen LogP contribution in [-0.4, -0.2) is 11.5 Å². The maximum atomic E-state index is 4.68. The molecule has 2 aliphatic rings. The summed E-state index contributed by atoms with van der Waals surface area (Å²) in [6.45, 7) is 3.29. The van der Waals surface area contributed by atoms with Crippen LogP contribution in [0.4, 0.5) is 0 Å². The molecule has 0 saturated heterocycles. The van der Waals surface area contributed by atoms with Crippen LogP contribution in [-0.2, 0) is 0 Å². The van der Waals surface area contributed by atoms with Crippen molar-refractivity contribution in [3.63, 3.8) is 0 Å². The highest BCUT2D eigenvalue weighted by Gasteiger charge is 2.40. The quantitative estimate of drug-likeness (QED) is 0.665. The third-order valence-corrected chi connectivity index (χ3v) is 6.30. The number of hydrogen-bond donors (Lipinski definition) is 1. The lowest BCUT2D eigenvalue weighted by Crippen LogP contribution is -2.27. The molecule has 2 saturated carbocycles. The fourth-order valence-electron chi connectivity index (χ4n) is 4.26. The standard InChI is InChI=1S/C17H24Br2N2/c1-2-5-20-16(17-15(19)9-14(18)10-21-17)8-13-7-11-3-4-12(13)6-11/h9-13,16,20H,2-8H2,1H3. The van der Waals surface area contributed by atoms with Crippen molar-refractivity contribution in [2.75, 3.05) is 6.54 Å². The number of nitrogens with one attached hydrogen (secondary N) is 1. The van der Waals surface area contributed by atoms with Gasteiger partial charge in [0.05, 0.1) is 11.7 Å². The number of aromatic nitrogens is 1.